The first kappa shape index (κ1) is 15.4. The van der Waals surface area contributed by atoms with E-state index in [9.17, 15) is 4.39 Å². The van der Waals surface area contributed by atoms with Gasteiger partial charge in [0, 0.05) is 31.0 Å². The Morgan fingerprint density at radius 2 is 1.81 bits per heavy atom. The van der Waals surface area contributed by atoms with Gasteiger partial charge in [-0.3, -0.25) is 0 Å². The number of benzene rings is 2. The number of nitrogens with zero attached hydrogens (tertiary/aromatic N) is 1. The Balaban J connectivity index is 2.07. The van der Waals surface area contributed by atoms with Crippen molar-refractivity contribution in [3.05, 3.63) is 59.4 Å². The first-order chi connectivity index (χ1) is 10.1. The Bertz CT molecular complexity index is 592. The maximum Gasteiger partial charge on any atom is 0.123 e. The highest BCUT2D eigenvalue weighted by Crippen LogP contribution is 2.23. The topological polar surface area (TPSA) is 15.3 Å². The lowest BCUT2D eigenvalue weighted by molar-refractivity contribution is 0.626. The molecule has 0 aromatic heterocycles. The summed E-state index contributed by atoms with van der Waals surface area (Å²) in [5.41, 5.74) is 4.49. The number of hydrogen-bond acceptors (Lipinski definition) is 2. The summed E-state index contributed by atoms with van der Waals surface area (Å²) < 4.78 is 13.2. The van der Waals surface area contributed by atoms with Gasteiger partial charge in [-0.1, -0.05) is 12.1 Å². The van der Waals surface area contributed by atoms with Crippen LogP contribution in [0.5, 0.6) is 0 Å². The molecule has 2 rings (SSSR count). The van der Waals surface area contributed by atoms with Gasteiger partial charge in [0.2, 0.25) is 0 Å². The fourth-order valence-corrected chi connectivity index (χ4v) is 2.48. The van der Waals surface area contributed by atoms with Crippen LogP contribution >= 0.6 is 0 Å². The second-order valence-corrected chi connectivity index (χ2v) is 5.15. The van der Waals surface area contributed by atoms with Gasteiger partial charge in [0.25, 0.3) is 0 Å². The van der Waals surface area contributed by atoms with Gasteiger partial charge in [-0.2, -0.15) is 0 Å². The van der Waals surface area contributed by atoms with E-state index in [1.165, 1.54) is 17.3 Å². The summed E-state index contributed by atoms with van der Waals surface area (Å²) in [6, 6.07) is 13.1. The third-order valence-corrected chi connectivity index (χ3v) is 3.71. The summed E-state index contributed by atoms with van der Waals surface area (Å²) in [7, 11) is 0. The van der Waals surface area contributed by atoms with Crippen LogP contribution in [0.3, 0.4) is 0 Å². The van der Waals surface area contributed by atoms with E-state index in [4.69, 9.17) is 0 Å². The summed E-state index contributed by atoms with van der Waals surface area (Å²) in [4.78, 5) is 2.32. The number of aryl methyl sites for hydroxylation is 1. The molecule has 0 aliphatic carbocycles. The zero-order chi connectivity index (χ0) is 15.2. The number of rotatable bonds is 6. The quantitative estimate of drug-likeness (QED) is 0.835. The van der Waals surface area contributed by atoms with Crippen molar-refractivity contribution in [2.24, 2.45) is 0 Å². The minimum absolute atomic E-state index is 0.192. The molecular formula is C18H23FN2. The van der Waals surface area contributed by atoms with Crippen LogP contribution in [0.2, 0.25) is 0 Å². The van der Waals surface area contributed by atoms with Gasteiger partial charge in [0.15, 0.2) is 0 Å². The van der Waals surface area contributed by atoms with Crippen LogP contribution in [0.25, 0.3) is 0 Å². The maximum atomic E-state index is 13.2. The number of nitrogens with one attached hydrogen (secondary N) is 1. The molecule has 0 heterocycles. The predicted octanol–water partition coefficient (Wildman–Crippen LogP) is 4.59. The minimum atomic E-state index is -0.192. The molecule has 21 heavy (non-hydrogen) atoms. The highest BCUT2D eigenvalue weighted by Gasteiger charge is 2.05. The molecule has 2 aromatic carbocycles. The smallest absolute Gasteiger partial charge is 0.123 e. The van der Waals surface area contributed by atoms with Gasteiger partial charge in [-0.25, -0.2) is 4.39 Å². The fraction of sp³-hybridized carbons (Fsp3) is 0.333. The predicted molar refractivity (Wildman–Crippen MR) is 88.5 cm³/mol. The van der Waals surface area contributed by atoms with E-state index in [-0.39, 0.29) is 5.82 Å². The average molecular weight is 286 g/mol. The Morgan fingerprint density at radius 1 is 1.05 bits per heavy atom. The van der Waals surface area contributed by atoms with E-state index in [1.54, 1.807) is 12.1 Å². The first-order valence-corrected chi connectivity index (χ1v) is 7.48. The summed E-state index contributed by atoms with van der Waals surface area (Å²) in [6.07, 6.45) is 0. The molecule has 0 spiro atoms. The van der Waals surface area contributed by atoms with Crippen molar-refractivity contribution in [1.29, 1.82) is 0 Å². The Morgan fingerprint density at radius 3 is 2.43 bits per heavy atom. The van der Waals surface area contributed by atoms with Crippen LogP contribution in [-0.2, 0) is 6.54 Å². The molecule has 112 valence electrons. The van der Waals surface area contributed by atoms with E-state index in [1.807, 2.05) is 6.07 Å². The molecule has 0 aliphatic heterocycles. The second kappa shape index (κ2) is 7.11. The number of hydrogen-bond donors (Lipinski definition) is 1. The lowest BCUT2D eigenvalue weighted by atomic mass is 10.1. The zero-order valence-electron chi connectivity index (χ0n) is 13.0. The minimum Gasteiger partial charge on any atom is -0.381 e. The molecule has 0 radical (unpaired) electrons. The van der Waals surface area contributed by atoms with Crippen LogP contribution in [0.15, 0.2) is 42.5 Å². The number of halogens is 1. The first-order valence-electron chi connectivity index (χ1n) is 7.48. The van der Waals surface area contributed by atoms with E-state index >= 15 is 0 Å². The standard InChI is InChI=1S/C18H23FN2/c1-4-21(5-2)17-9-10-18(14(3)11-17)20-13-15-7-6-8-16(19)12-15/h6-12,20H,4-5,13H2,1-3H3. The molecule has 0 amide bonds. The van der Waals surface area contributed by atoms with Crippen LogP contribution < -0.4 is 10.2 Å². The SMILES string of the molecule is CCN(CC)c1ccc(NCc2cccc(F)c2)c(C)c1. The van der Waals surface area contributed by atoms with Crippen molar-refractivity contribution in [2.45, 2.75) is 27.3 Å². The van der Waals surface area contributed by atoms with E-state index in [2.05, 4.69) is 49.2 Å². The Hall–Kier alpha value is -2.03. The van der Waals surface area contributed by atoms with E-state index < -0.39 is 0 Å². The molecule has 0 aliphatic rings. The molecule has 0 fully saturated rings. The molecule has 0 unspecified atom stereocenters. The normalized spacial score (nSPS) is 10.5. The lowest BCUT2D eigenvalue weighted by Gasteiger charge is -2.22. The van der Waals surface area contributed by atoms with Crippen molar-refractivity contribution in [3.63, 3.8) is 0 Å². The van der Waals surface area contributed by atoms with Crippen molar-refractivity contribution >= 4 is 11.4 Å². The van der Waals surface area contributed by atoms with Crippen LogP contribution in [0.4, 0.5) is 15.8 Å². The molecule has 2 aromatic rings. The monoisotopic (exact) mass is 286 g/mol. The van der Waals surface area contributed by atoms with Crippen molar-refractivity contribution < 1.29 is 4.39 Å². The molecule has 2 nitrogen and oxygen atoms in total. The van der Waals surface area contributed by atoms with Crippen LogP contribution in [0, 0.1) is 12.7 Å². The van der Waals surface area contributed by atoms with Crippen LogP contribution in [0.1, 0.15) is 25.0 Å². The lowest BCUT2D eigenvalue weighted by Crippen LogP contribution is -2.21. The van der Waals surface area contributed by atoms with Gasteiger partial charge in [-0.05, 0) is 62.2 Å². The summed E-state index contributed by atoms with van der Waals surface area (Å²) in [5.74, 6) is -0.192. The summed E-state index contributed by atoms with van der Waals surface area (Å²) >= 11 is 0. The third-order valence-electron chi connectivity index (χ3n) is 3.71. The van der Waals surface area contributed by atoms with Gasteiger partial charge in [0.1, 0.15) is 5.82 Å². The van der Waals surface area contributed by atoms with Crippen LogP contribution in [-0.4, -0.2) is 13.1 Å². The largest absolute Gasteiger partial charge is 0.381 e. The van der Waals surface area contributed by atoms with Gasteiger partial charge < -0.3 is 10.2 Å². The van der Waals surface area contributed by atoms with Crippen molar-refractivity contribution in [3.8, 4) is 0 Å². The molecule has 0 bridgehead atoms. The van der Waals surface area contributed by atoms with Gasteiger partial charge in [0.05, 0.1) is 0 Å². The fourth-order valence-electron chi connectivity index (χ4n) is 2.48. The average Bonchev–Trinajstić information content (AvgIpc) is 2.48. The second-order valence-electron chi connectivity index (χ2n) is 5.15. The summed E-state index contributed by atoms with van der Waals surface area (Å²) in [6.45, 7) is 9.06. The van der Waals surface area contributed by atoms with Crippen molar-refractivity contribution in [1.82, 2.24) is 0 Å². The van der Waals surface area contributed by atoms with Gasteiger partial charge in [-0.15, -0.1) is 0 Å². The molecule has 3 heteroatoms. The molecule has 0 saturated heterocycles. The Labute approximate surface area is 126 Å². The zero-order valence-corrected chi connectivity index (χ0v) is 13.0. The van der Waals surface area contributed by atoms with E-state index in [0.717, 1.165) is 24.3 Å². The molecular weight excluding hydrogens is 263 g/mol. The van der Waals surface area contributed by atoms with Gasteiger partial charge >= 0.3 is 0 Å². The molecule has 1 N–H and O–H groups in total. The molecule has 0 atom stereocenters. The third kappa shape index (κ3) is 3.97. The Kier molecular flexibility index (Phi) is 5.20. The number of anilines is 2. The summed E-state index contributed by atoms with van der Waals surface area (Å²) in [5, 5.41) is 3.37. The maximum absolute atomic E-state index is 13.2. The highest BCUT2D eigenvalue weighted by molar-refractivity contribution is 5.60. The highest BCUT2D eigenvalue weighted by atomic mass is 19.1. The van der Waals surface area contributed by atoms with Crippen molar-refractivity contribution in [2.75, 3.05) is 23.3 Å². The molecule has 0 saturated carbocycles. The van der Waals surface area contributed by atoms with E-state index in [0.29, 0.717) is 6.54 Å².